The Morgan fingerprint density at radius 1 is 0.585 bits per heavy atom. The maximum absolute atomic E-state index is 12.0. The summed E-state index contributed by atoms with van der Waals surface area (Å²) in [5.74, 6) is 3.41. The van der Waals surface area contributed by atoms with E-state index in [4.69, 9.17) is 13.6 Å². The number of primary amides is 1. The first-order chi connectivity index (χ1) is 24.3. The van der Waals surface area contributed by atoms with Crippen molar-refractivity contribution in [3.8, 4) is 0 Å². The van der Waals surface area contributed by atoms with E-state index in [1.54, 1.807) is 23.9 Å². The number of hydrogen-bond donors (Lipinski definition) is 1. The Balaban J connectivity index is 0.000000148. The highest BCUT2D eigenvalue weighted by Gasteiger charge is 2.55. The van der Waals surface area contributed by atoms with Crippen molar-refractivity contribution in [2.75, 3.05) is 0 Å². The van der Waals surface area contributed by atoms with Crippen molar-refractivity contribution < 1.29 is 23.2 Å². The molecule has 2 heterocycles. The molecule has 0 spiro atoms. The van der Waals surface area contributed by atoms with E-state index in [0.717, 1.165) is 60.6 Å². The average molecular weight is 728 g/mol. The highest BCUT2D eigenvalue weighted by atomic mass is 16.3. The highest BCUT2D eigenvalue weighted by molar-refractivity contribution is 6.45. The van der Waals surface area contributed by atoms with Gasteiger partial charge in [-0.3, -0.25) is 14.4 Å². The molecule has 1 amide bonds. The second kappa shape index (κ2) is 13.3. The standard InChI is InChI=1S/2C15H21NO.C14H20O2.CH3NO/c1-9-14(2,3)10-6-7-11-13(16-8-17-11)12(10)15(9,4)5;1-9-14(2,3)10-6-7-11-13(17-8-16-11)12(10)15(9,4)5;1-8-13(2,3)9-6-7-10(15)12(16)11(9)14(8,4)5;2-1-3/h2*8-9H,6-7H2,1-5H3;8H,6-7H2,1-5H3;1H,(H2,2,3). The second-order valence-corrected chi connectivity index (χ2v) is 19.7. The van der Waals surface area contributed by atoms with Crippen LogP contribution in [0.15, 0.2) is 43.9 Å². The first-order valence-corrected chi connectivity index (χ1v) is 19.7. The Labute approximate surface area is 317 Å². The van der Waals surface area contributed by atoms with E-state index in [1.807, 2.05) is 0 Å². The quantitative estimate of drug-likeness (QED) is 0.211. The van der Waals surface area contributed by atoms with E-state index in [9.17, 15) is 9.59 Å². The monoisotopic (exact) mass is 727 g/mol. The zero-order valence-corrected chi connectivity index (χ0v) is 35.2. The number of Topliss-reactive ketones (excluding diaryl/α,β-unsaturated/α-hetero) is 2. The van der Waals surface area contributed by atoms with Gasteiger partial charge >= 0.3 is 0 Å². The lowest BCUT2D eigenvalue weighted by atomic mass is 9.69. The van der Waals surface area contributed by atoms with Gasteiger partial charge in [0.25, 0.3) is 0 Å². The van der Waals surface area contributed by atoms with Crippen LogP contribution in [0.5, 0.6) is 0 Å². The molecule has 0 bridgehead atoms. The molecule has 8 nitrogen and oxygen atoms in total. The van der Waals surface area contributed by atoms with Gasteiger partial charge in [0, 0.05) is 24.0 Å². The van der Waals surface area contributed by atoms with Gasteiger partial charge in [0.05, 0.1) is 5.69 Å². The molecule has 8 rings (SSSR count). The number of fused-ring (bicyclic) bond motifs is 4. The van der Waals surface area contributed by atoms with Gasteiger partial charge in [0.15, 0.2) is 18.5 Å². The molecule has 0 saturated carbocycles. The van der Waals surface area contributed by atoms with Gasteiger partial charge in [-0.2, -0.15) is 0 Å². The molecule has 3 atom stereocenters. The van der Waals surface area contributed by atoms with E-state index in [2.05, 4.69) is 120 Å². The number of carbonyl (C=O) groups is 3. The molecule has 0 fully saturated rings. The van der Waals surface area contributed by atoms with Crippen molar-refractivity contribution in [3.05, 3.63) is 58.0 Å². The van der Waals surface area contributed by atoms with E-state index < -0.39 is 0 Å². The lowest BCUT2D eigenvalue weighted by Gasteiger charge is -2.34. The normalized spacial score (nSPS) is 28.5. The van der Waals surface area contributed by atoms with Crippen LogP contribution < -0.4 is 5.73 Å². The van der Waals surface area contributed by atoms with E-state index in [1.165, 1.54) is 16.7 Å². The van der Waals surface area contributed by atoms with Crippen LogP contribution in [0.1, 0.15) is 152 Å². The molecule has 2 N–H and O–H groups in total. The largest absolute Gasteiger partial charge is 0.448 e. The van der Waals surface area contributed by atoms with Gasteiger partial charge in [-0.15, -0.1) is 0 Å². The topological polar surface area (TPSA) is 129 Å². The maximum atomic E-state index is 12.0. The van der Waals surface area contributed by atoms with E-state index >= 15 is 0 Å². The predicted molar refractivity (Wildman–Crippen MR) is 210 cm³/mol. The fraction of sp³-hybridized carbons (Fsp3) is 0.667. The minimum Gasteiger partial charge on any atom is -0.448 e. The number of nitrogens with zero attached hydrogens (tertiary/aromatic N) is 2. The Hall–Kier alpha value is -3.55. The summed E-state index contributed by atoms with van der Waals surface area (Å²) in [5, 5.41) is 0. The summed E-state index contributed by atoms with van der Waals surface area (Å²) >= 11 is 0. The van der Waals surface area contributed by atoms with Crippen molar-refractivity contribution in [2.45, 2.75) is 142 Å². The van der Waals surface area contributed by atoms with Gasteiger partial charge < -0.3 is 14.6 Å². The number of oxazole rings is 2. The summed E-state index contributed by atoms with van der Waals surface area (Å²) in [5.41, 5.74) is 15.5. The Kier molecular flexibility index (Phi) is 10.2. The molecule has 53 heavy (non-hydrogen) atoms. The van der Waals surface area contributed by atoms with Crippen molar-refractivity contribution >= 4 is 29.1 Å². The van der Waals surface area contributed by atoms with Gasteiger partial charge in [-0.1, -0.05) is 121 Å². The van der Waals surface area contributed by atoms with Gasteiger partial charge in [-0.25, -0.2) is 9.97 Å². The Bertz CT molecular complexity index is 1810. The molecular formula is C45H65N3O5. The molecule has 8 heteroatoms. The number of aryl methyl sites for hydroxylation is 2. The zero-order valence-electron chi connectivity index (χ0n) is 35.2. The zero-order chi connectivity index (χ0) is 39.9. The van der Waals surface area contributed by atoms with Crippen LogP contribution in [0.2, 0.25) is 0 Å². The van der Waals surface area contributed by atoms with Crippen LogP contribution in [0.3, 0.4) is 0 Å². The third-order valence-electron chi connectivity index (χ3n) is 15.7. The lowest BCUT2D eigenvalue weighted by Crippen LogP contribution is -2.30. The third-order valence-corrected chi connectivity index (χ3v) is 15.7. The molecule has 0 radical (unpaired) electrons. The van der Waals surface area contributed by atoms with Gasteiger partial charge in [0.2, 0.25) is 18.0 Å². The Morgan fingerprint density at radius 2 is 1.00 bits per heavy atom. The van der Waals surface area contributed by atoms with Crippen LogP contribution in [-0.2, 0) is 27.2 Å². The third kappa shape index (κ3) is 6.05. The number of hydrogen-bond acceptors (Lipinski definition) is 7. The van der Waals surface area contributed by atoms with Crippen LogP contribution >= 0.6 is 0 Å². The Morgan fingerprint density at radius 3 is 1.55 bits per heavy atom. The number of carbonyl (C=O) groups excluding carboxylic acids is 3. The molecule has 6 aliphatic rings. The minimum atomic E-state index is -0.219. The molecule has 3 unspecified atom stereocenters. The first kappa shape index (κ1) is 40.6. The van der Waals surface area contributed by atoms with E-state index in [-0.39, 0.29) is 50.5 Å². The number of amides is 1. The molecule has 0 saturated heterocycles. The van der Waals surface area contributed by atoms with Crippen LogP contribution in [0.25, 0.3) is 11.1 Å². The second-order valence-electron chi connectivity index (χ2n) is 19.7. The molecule has 290 valence electrons. The van der Waals surface area contributed by atoms with Crippen molar-refractivity contribution in [1.82, 2.24) is 9.97 Å². The predicted octanol–water partition coefficient (Wildman–Crippen LogP) is 10.2. The summed E-state index contributed by atoms with van der Waals surface area (Å²) in [6.07, 6.45) is 8.98. The number of nitrogens with two attached hydrogens (primary N) is 1. The number of rotatable bonds is 0. The summed E-state index contributed by atoms with van der Waals surface area (Å²) in [6.45, 7) is 34.4. The fourth-order valence-electron chi connectivity index (χ4n) is 11.2. The summed E-state index contributed by atoms with van der Waals surface area (Å²) in [4.78, 5) is 41.0. The highest BCUT2D eigenvalue weighted by Crippen LogP contribution is 2.64. The number of ketones is 2. The molecule has 2 aromatic heterocycles. The molecular weight excluding hydrogens is 663 g/mol. The van der Waals surface area contributed by atoms with Crippen LogP contribution in [0, 0.1) is 50.2 Å². The van der Waals surface area contributed by atoms with Gasteiger partial charge in [0.1, 0.15) is 11.5 Å². The average Bonchev–Trinajstić information content (AvgIpc) is 3.84. The van der Waals surface area contributed by atoms with Crippen molar-refractivity contribution in [3.63, 3.8) is 0 Å². The minimum absolute atomic E-state index is 0.0508. The SMILES string of the molecule is CC1C(C)(C)C2=C(C(=O)C(=O)CC2)C1(C)C.CC1C(C)(C)C2=C(c3ncoc3CC2)C1(C)C.CC1C(C)(C)C2=C(c3ocnc3CC2)C1(C)C.NC=O. The smallest absolute Gasteiger partial charge is 0.225 e. The first-order valence-electron chi connectivity index (χ1n) is 19.7. The van der Waals surface area contributed by atoms with Crippen LogP contribution in [0.4, 0.5) is 0 Å². The molecule has 0 aliphatic heterocycles. The van der Waals surface area contributed by atoms with Crippen LogP contribution in [-0.4, -0.2) is 27.9 Å². The molecule has 0 aromatic carbocycles. The van der Waals surface area contributed by atoms with Gasteiger partial charge in [-0.05, 0) is 81.5 Å². The molecule has 6 aliphatic carbocycles. The van der Waals surface area contributed by atoms with Crippen molar-refractivity contribution in [1.29, 1.82) is 0 Å². The number of aromatic nitrogens is 2. The van der Waals surface area contributed by atoms with E-state index in [0.29, 0.717) is 24.2 Å². The summed E-state index contributed by atoms with van der Waals surface area (Å²) < 4.78 is 11.2. The fourth-order valence-corrected chi connectivity index (χ4v) is 11.2. The maximum Gasteiger partial charge on any atom is 0.225 e. The summed E-state index contributed by atoms with van der Waals surface area (Å²) in [7, 11) is 0. The summed E-state index contributed by atoms with van der Waals surface area (Å²) in [6, 6.07) is 0. The van der Waals surface area contributed by atoms with Crippen molar-refractivity contribution in [2.24, 2.45) is 56.0 Å². The lowest BCUT2D eigenvalue weighted by molar-refractivity contribution is -0.135. The number of allylic oxidation sites excluding steroid dienone is 6. The molecule has 2 aromatic rings.